The summed E-state index contributed by atoms with van der Waals surface area (Å²) in [5, 5.41) is 24.6. The highest BCUT2D eigenvalue weighted by Crippen LogP contribution is 2.39. The zero-order valence-corrected chi connectivity index (χ0v) is 19.8. The molecule has 1 atom stereocenters. The van der Waals surface area contributed by atoms with Gasteiger partial charge in [-0.1, -0.05) is 24.3 Å². The van der Waals surface area contributed by atoms with E-state index in [1.54, 1.807) is 43.3 Å². The Balaban J connectivity index is 1.96. The second-order valence-electron chi connectivity index (χ2n) is 7.86. The fourth-order valence-corrected chi connectivity index (χ4v) is 3.78. The van der Waals surface area contributed by atoms with Crippen molar-refractivity contribution in [1.29, 1.82) is 0 Å². The number of carboxylic acids is 1. The zero-order chi connectivity index (χ0) is 25.7. The van der Waals surface area contributed by atoms with E-state index in [1.165, 1.54) is 32.0 Å². The van der Waals surface area contributed by atoms with Crippen LogP contribution in [0.15, 0.2) is 53.5 Å². The van der Waals surface area contributed by atoms with Crippen LogP contribution in [0.2, 0.25) is 0 Å². The minimum atomic E-state index is -1.13. The van der Waals surface area contributed by atoms with Crippen LogP contribution in [-0.2, 0) is 11.8 Å². The smallest absolute Gasteiger partial charge is 0.319 e. The number of carbonyl (C=O) groups is 2. The second-order valence-corrected chi connectivity index (χ2v) is 7.86. The Morgan fingerprint density at radius 1 is 1.09 bits per heavy atom. The number of amides is 2. The third-order valence-corrected chi connectivity index (χ3v) is 5.46. The maximum absolute atomic E-state index is 12.7. The van der Waals surface area contributed by atoms with Crippen molar-refractivity contribution in [1.82, 2.24) is 9.88 Å². The first kappa shape index (κ1) is 25.2. The number of aryl methyl sites for hydroxylation is 2. The highest BCUT2D eigenvalue weighted by molar-refractivity contribution is 5.91. The molecule has 0 aliphatic carbocycles. The summed E-state index contributed by atoms with van der Waals surface area (Å²) in [7, 11) is 4.56. The van der Waals surface area contributed by atoms with Crippen LogP contribution in [0, 0.1) is 6.92 Å². The van der Waals surface area contributed by atoms with E-state index in [0.717, 1.165) is 0 Å². The maximum Gasteiger partial charge on any atom is 0.319 e. The normalized spacial score (nSPS) is 11.4. The molecule has 0 saturated heterocycles. The molecule has 10 nitrogen and oxygen atoms in total. The summed E-state index contributed by atoms with van der Waals surface area (Å²) in [6.07, 6.45) is 1.02. The molecule has 3 aromatic rings. The Kier molecular flexibility index (Phi) is 7.65. The van der Waals surface area contributed by atoms with Crippen LogP contribution in [0.4, 0.5) is 10.5 Å². The predicted molar refractivity (Wildman–Crippen MR) is 130 cm³/mol. The number of rotatable bonds is 8. The van der Waals surface area contributed by atoms with Crippen molar-refractivity contribution in [2.24, 2.45) is 7.05 Å². The number of anilines is 1. The standard InChI is InChI=1S/C25H27N3O7/c1-14-13-28(2)24(32)22(23(14)31)27-25(33)26-17(12-20(29)30)15-7-5-8-16(11-15)21-18(34-3)9-6-10-19(21)35-4/h5-11,13,17,31H,12H2,1-4H3,(H,29,30)(H2,26,27,33). The van der Waals surface area contributed by atoms with Gasteiger partial charge in [-0.2, -0.15) is 0 Å². The molecule has 10 heteroatoms. The maximum atomic E-state index is 12.7. The monoisotopic (exact) mass is 481 g/mol. The Labute approximate surface area is 201 Å². The van der Waals surface area contributed by atoms with Gasteiger partial charge in [0, 0.05) is 18.8 Å². The molecule has 0 saturated carbocycles. The molecule has 2 amide bonds. The van der Waals surface area contributed by atoms with Gasteiger partial charge in [0.25, 0.3) is 5.56 Å². The van der Waals surface area contributed by atoms with E-state index in [9.17, 15) is 24.6 Å². The lowest BCUT2D eigenvalue weighted by Gasteiger charge is -2.20. The number of urea groups is 1. The molecule has 0 aliphatic heterocycles. The molecule has 1 heterocycles. The van der Waals surface area contributed by atoms with Gasteiger partial charge < -0.3 is 34.9 Å². The fraction of sp³-hybridized carbons (Fsp3) is 0.240. The molecular formula is C25H27N3O7. The van der Waals surface area contributed by atoms with Crippen LogP contribution in [0.1, 0.15) is 23.6 Å². The van der Waals surface area contributed by atoms with Gasteiger partial charge >= 0.3 is 12.0 Å². The largest absolute Gasteiger partial charge is 0.505 e. The van der Waals surface area contributed by atoms with Crippen LogP contribution in [0.25, 0.3) is 11.1 Å². The minimum Gasteiger partial charge on any atom is -0.505 e. The first-order valence-electron chi connectivity index (χ1n) is 10.7. The van der Waals surface area contributed by atoms with Crippen LogP contribution in [0.3, 0.4) is 0 Å². The van der Waals surface area contributed by atoms with E-state index in [1.807, 2.05) is 6.07 Å². The van der Waals surface area contributed by atoms with E-state index in [4.69, 9.17) is 9.47 Å². The summed E-state index contributed by atoms with van der Waals surface area (Å²) in [4.78, 5) is 36.7. The third-order valence-electron chi connectivity index (χ3n) is 5.46. The molecular weight excluding hydrogens is 454 g/mol. The van der Waals surface area contributed by atoms with Crippen molar-refractivity contribution in [2.45, 2.75) is 19.4 Å². The quantitative estimate of drug-likeness (QED) is 0.387. The molecule has 1 aromatic heterocycles. The predicted octanol–water partition coefficient (Wildman–Crippen LogP) is 3.42. The van der Waals surface area contributed by atoms with Crippen LogP contribution < -0.4 is 25.7 Å². The van der Waals surface area contributed by atoms with Gasteiger partial charge in [-0.15, -0.1) is 0 Å². The Morgan fingerprint density at radius 2 is 1.71 bits per heavy atom. The van der Waals surface area contributed by atoms with Crippen molar-refractivity contribution in [3.8, 4) is 28.4 Å². The number of pyridine rings is 1. The molecule has 3 rings (SSSR count). The molecule has 2 aromatic carbocycles. The number of methoxy groups -OCH3 is 2. The number of aromatic hydroxyl groups is 1. The lowest BCUT2D eigenvalue weighted by Crippen LogP contribution is -2.36. The summed E-state index contributed by atoms with van der Waals surface area (Å²) in [6.45, 7) is 1.59. The topological polar surface area (TPSA) is 139 Å². The lowest BCUT2D eigenvalue weighted by molar-refractivity contribution is -0.137. The average molecular weight is 482 g/mol. The number of benzene rings is 2. The molecule has 4 N–H and O–H groups in total. The number of aromatic nitrogens is 1. The van der Waals surface area contributed by atoms with Crippen molar-refractivity contribution >= 4 is 17.7 Å². The van der Waals surface area contributed by atoms with E-state index < -0.39 is 30.0 Å². The number of nitrogens with one attached hydrogen (secondary N) is 2. The van der Waals surface area contributed by atoms with Crippen LogP contribution in [-0.4, -0.2) is 41.0 Å². The van der Waals surface area contributed by atoms with Crippen molar-refractivity contribution in [2.75, 3.05) is 19.5 Å². The number of aliphatic carboxylic acids is 1. The molecule has 0 bridgehead atoms. The van der Waals surface area contributed by atoms with Gasteiger partial charge in [0.1, 0.15) is 17.2 Å². The number of nitrogens with zero attached hydrogens (tertiary/aromatic N) is 1. The summed E-state index contributed by atoms with van der Waals surface area (Å²) < 4.78 is 12.2. The average Bonchev–Trinajstić information content (AvgIpc) is 2.84. The number of carboxylic acid groups (broad SMARTS) is 1. The van der Waals surface area contributed by atoms with Crippen molar-refractivity contribution in [3.05, 3.63) is 70.1 Å². The fourth-order valence-electron chi connectivity index (χ4n) is 3.78. The van der Waals surface area contributed by atoms with Gasteiger partial charge in [0.2, 0.25) is 0 Å². The van der Waals surface area contributed by atoms with Gasteiger partial charge in [-0.25, -0.2) is 4.79 Å². The van der Waals surface area contributed by atoms with E-state index >= 15 is 0 Å². The molecule has 35 heavy (non-hydrogen) atoms. The first-order chi connectivity index (χ1) is 16.7. The number of carbonyl (C=O) groups excluding carboxylic acids is 1. The van der Waals surface area contributed by atoms with E-state index in [2.05, 4.69) is 10.6 Å². The molecule has 0 fully saturated rings. The number of hydrogen-bond donors (Lipinski definition) is 4. The lowest BCUT2D eigenvalue weighted by atomic mass is 9.96. The molecule has 0 radical (unpaired) electrons. The molecule has 184 valence electrons. The Hall–Kier alpha value is -4.47. The van der Waals surface area contributed by atoms with Crippen LogP contribution >= 0.6 is 0 Å². The van der Waals surface area contributed by atoms with Gasteiger partial charge in [-0.05, 0) is 36.2 Å². The van der Waals surface area contributed by atoms with E-state index in [0.29, 0.717) is 33.8 Å². The van der Waals surface area contributed by atoms with Crippen LogP contribution in [0.5, 0.6) is 17.2 Å². The zero-order valence-electron chi connectivity index (χ0n) is 19.8. The number of hydrogen-bond acceptors (Lipinski definition) is 6. The minimum absolute atomic E-state index is 0.299. The molecule has 0 aliphatic rings. The molecule has 0 spiro atoms. The Bertz CT molecular complexity index is 1290. The summed E-state index contributed by atoms with van der Waals surface area (Å²) in [6, 6.07) is 10.5. The first-order valence-corrected chi connectivity index (χ1v) is 10.7. The highest BCUT2D eigenvalue weighted by Gasteiger charge is 2.22. The van der Waals surface area contributed by atoms with Crippen molar-refractivity contribution in [3.63, 3.8) is 0 Å². The van der Waals surface area contributed by atoms with Crippen molar-refractivity contribution < 1.29 is 29.3 Å². The summed E-state index contributed by atoms with van der Waals surface area (Å²) in [5.41, 5.74) is 1.36. The second kappa shape index (κ2) is 10.6. The van der Waals surface area contributed by atoms with Gasteiger partial charge in [0.15, 0.2) is 5.69 Å². The van der Waals surface area contributed by atoms with Gasteiger partial charge in [-0.3, -0.25) is 9.59 Å². The summed E-state index contributed by atoms with van der Waals surface area (Å²) in [5.74, 6) is -0.367. The summed E-state index contributed by atoms with van der Waals surface area (Å²) >= 11 is 0. The SMILES string of the molecule is COc1cccc(OC)c1-c1cccc(C(CC(=O)O)NC(=O)Nc2c(O)c(C)cn(C)c2=O)c1. The number of ether oxygens (including phenoxy) is 2. The highest BCUT2D eigenvalue weighted by atomic mass is 16.5. The van der Waals surface area contributed by atoms with Gasteiger partial charge in [0.05, 0.1) is 32.2 Å². The third kappa shape index (κ3) is 5.55. The Morgan fingerprint density at radius 3 is 2.31 bits per heavy atom. The van der Waals surface area contributed by atoms with E-state index in [-0.39, 0.29) is 11.4 Å². The molecule has 1 unspecified atom stereocenters.